The summed E-state index contributed by atoms with van der Waals surface area (Å²) >= 11 is 0. The number of benzene rings is 1. The zero-order valence-corrected chi connectivity index (χ0v) is 13.2. The molecule has 0 N–H and O–H groups in total. The molecule has 2 heterocycles. The summed E-state index contributed by atoms with van der Waals surface area (Å²) in [7, 11) is 0. The summed E-state index contributed by atoms with van der Waals surface area (Å²) in [6.07, 6.45) is 3.84. The fourth-order valence-electron chi connectivity index (χ4n) is 3.67. The zero-order chi connectivity index (χ0) is 15.6. The highest BCUT2D eigenvalue weighted by atomic mass is 16.2. The van der Waals surface area contributed by atoms with Gasteiger partial charge in [0.25, 0.3) is 0 Å². The summed E-state index contributed by atoms with van der Waals surface area (Å²) in [4.78, 5) is 16.5. The predicted molar refractivity (Wildman–Crippen MR) is 86.5 cm³/mol. The molecular weight excluding hydrogens is 274 g/mol. The third-order valence-electron chi connectivity index (χ3n) is 4.95. The van der Waals surface area contributed by atoms with Gasteiger partial charge in [0.1, 0.15) is 6.07 Å². The lowest BCUT2D eigenvalue weighted by Gasteiger charge is -2.49. The van der Waals surface area contributed by atoms with E-state index in [2.05, 4.69) is 17.9 Å². The Balaban J connectivity index is 1.59. The number of amides is 1. The SMILES string of the molecule is CCCCC(=O)N1CCC2(C1)CN(c1ccccc1C#N)C2. The summed E-state index contributed by atoms with van der Waals surface area (Å²) in [5.74, 6) is 0.314. The first-order valence-corrected chi connectivity index (χ1v) is 8.19. The van der Waals surface area contributed by atoms with Crippen LogP contribution in [-0.2, 0) is 4.79 Å². The van der Waals surface area contributed by atoms with Crippen molar-refractivity contribution < 1.29 is 4.79 Å². The molecule has 1 amide bonds. The van der Waals surface area contributed by atoms with Crippen molar-refractivity contribution >= 4 is 11.6 Å². The molecule has 2 aliphatic rings. The van der Waals surface area contributed by atoms with E-state index in [1.807, 2.05) is 29.2 Å². The first-order valence-electron chi connectivity index (χ1n) is 8.19. The molecule has 2 saturated heterocycles. The molecule has 22 heavy (non-hydrogen) atoms. The molecule has 0 atom stereocenters. The Morgan fingerprint density at radius 1 is 1.32 bits per heavy atom. The van der Waals surface area contributed by atoms with Crippen molar-refractivity contribution in [3.05, 3.63) is 29.8 Å². The number of carbonyl (C=O) groups excluding carboxylic acids is 1. The number of nitrogens with zero attached hydrogens (tertiary/aromatic N) is 3. The van der Waals surface area contributed by atoms with Gasteiger partial charge >= 0.3 is 0 Å². The highest BCUT2D eigenvalue weighted by Crippen LogP contribution is 2.42. The lowest BCUT2D eigenvalue weighted by Crippen LogP contribution is -2.58. The molecule has 0 bridgehead atoms. The first kappa shape index (κ1) is 14.9. The second kappa shape index (κ2) is 6.00. The van der Waals surface area contributed by atoms with Crippen LogP contribution in [0.15, 0.2) is 24.3 Å². The molecule has 0 unspecified atom stereocenters. The lowest BCUT2D eigenvalue weighted by molar-refractivity contribution is -0.130. The maximum Gasteiger partial charge on any atom is 0.222 e. The standard InChI is InChI=1S/C18H23N3O/c1-2-3-8-17(22)20-10-9-18(12-20)13-21(14-18)16-7-5-4-6-15(16)11-19/h4-7H,2-3,8-10,12-14H2,1H3. The molecule has 0 radical (unpaired) electrons. The van der Waals surface area contributed by atoms with Crippen molar-refractivity contribution in [3.63, 3.8) is 0 Å². The number of anilines is 1. The molecule has 0 aliphatic carbocycles. The molecule has 0 saturated carbocycles. The van der Waals surface area contributed by atoms with E-state index in [-0.39, 0.29) is 5.41 Å². The van der Waals surface area contributed by atoms with Crippen LogP contribution in [0.2, 0.25) is 0 Å². The van der Waals surface area contributed by atoms with E-state index in [4.69, 9.17) is 0 Å². The van der Waals surface area contributed by atoms with Gasteiger partial charge in [-0.3, -0.25) is 4.79 Å². The smallest absolute Gasteiger partial charge is 0.222 e. The predicted octanol–water partition coefficient (Wildman–Crippen LogP) is 2.79. The van der Waals surface area contributed by atoms with E-state index in [0.717, 1.165) is 56.7 Å². The third kappa shape index (κ3) is 2.68. The van der Waals surface area contributed by atoms with Crippen LogP contribution in [0, 0.1) is 16.7 Å². The van der Waals surface area contributed by atoms with Crippen LogP contribution in [0.5, 0.6) is 0 Å². The number of unbranched alkanes of at least 4 members (excludes halogenated alkanes) is 1. The Morgan fingerprint density at radius 3 is 2.82 bits per heavy atom. The van der Waals surface area contributed by atoms with Gasteiger partial charge in [0, 0.05) is 38.0 Å². The number of nitriles is 1. The maximum atomic E-state index is 12.2. The average molecular weight is 297 g/mol. The molecule has 116 valence electrons. The van der Waals surface area contributed by atoms with Gasteiger partial charge in [-0.25, -0.2) is 0 Å². The monoisotopic (exact) mass is 297 g/mol. The van der Waals surface area contributed by atoms with Crippen LogP contribution in [0.1, 0.15) is 38.2 Å². The quantitative estimate of drug-likeness (QED) is 0.858. The Bertz CT molecular complexity index is 599. The number of para-hydroxylation sites is 1. The van der Waals surface area contributed by atoms with Crippen molar-refractivity contribution in [2.24, 2.45) is 5.41 Å². The average Bonchev–Trinajstić information content (AvgIpc) is 2.96. The highest BCUT2D eigenvalue weighted by molar-refractivity contribution is 5.76. The highest BCUT2D eigenvalue weighted by Gasteiger charge is 2.48. The van der Waals surface area contributed by atoms with E-state index in [0.29, 0.717) is 12.3 Å². The van der Waals surface area contributed by atoms with Crippen LogP contribution in [-0.4, -0.2) is 37.0 Å². The van der Waals surface area contributed by atoms with Crippen molar-refractivity contribution in [2.45, 2.75) is 32.6 Å². The Labute approximate surface area is 132 Å². The summed E-state index contributed by atoms with van der Waals surface area (Å²) in [6.45, 7) is 5.83. The van der Waals surface area contributed by atoms with Crippen molar-refractivity contribution in [3.8, 4) is 6.07 Å². The van der Waals surface area contributed by atoms with Crippen LogP contribution >= 0.6 is 0 Å². The normalized spacial score (nSPS) is 19.1. The summed E-state index contributed by atoms with van der Waals surface area (Å²) < 4.78 is 0. The maximum absolute atomic E-state index is 12.2. The number of likely N-dealkylation sites (tertiary alicyclic amines) is 1. The first-order chi connectivity index (χ1) is 10.7. The molecule has 3 rings (SSSR count). The van der Waals surface area contributed by atoms with Gasteiger partial charge in [0.15, 0.2) is 0 Å². The van der Waals surface area contributed by atoms with Gasteiger partial charge in [-0.15, -0.1) is 0 Å². The molecule has 1 aromatic rings. The van der Waals surface area contributed by atoms with Crippen LogP contribution in [0.4, 0.5) is 5.69 Å². The van der Waals surface area contributed by atoms with Crippen molar-refractivity contribution in [1.82, 2.24) is 4.90 Å². The van der Waals surface area contributed by atoms with Crippen LogP contribution in [0.25, 0.3) is 0 Å². The number of hydrogen-bond acceptors (Lipinski definition) is 3. The molecular formula is C18H23N3O. The summed E-state index contributed by atoms with van der Waals surface area (Å²) in [5.41, 5.74) is 2.03. The second-order valence-electron chi connectivity index (χ2n) is 6.65. The van der Waals surface area contributed by atoms with E-state index in [1.54, 1.807) is 0 Å². The van der Waals surface area contributed by atoms with E-state index in [1.165, 1.54) is 0 Å². The van der Waals surface area contributed by atoms with Crippen LogP contribution < -0.4 is 4.90 Å². The number of hydrogen-bond donors (Lipinski definition) is 0. The Morgan fingerprint density at radius 2 is 2.09 bits per heavy atom. The zero-order valence-electron chi connectivity index (χ0n) is 13.2. The molecule has 4 nitrogen and oxygen atoms in total. The minimum absolute atomic E-state index is 0.254. The summed E-state index contributed by atoms with van der Waals surface area (Å²) in [5, 5.41) is 9.21. The molecule has 0 aromatic heterocycles. The Hall–Kier alpha value is -2.02. The number of rotatable bonds is 4. The molecule has 2 fully saturated rings. The van der Waals surface area contributed by atoms with E-state index in [9.17, 15) is 10.1 Å². The molecule has 4 heteroatoms. The topological polar surface area (TPSA) is 47.3 Å². The Kier molecular flexibility index (Phi) is 4.06. The molecule has 1 aromatic carbocycles. The minimum Gasteiger partial charge on any atom is -0.369 e. The fraction of sp³-hybridized carbons (Fsp3) is 0.556. The van der Waals surface area contributed by atoms with Gasteiger partial charge in [0.05, 0.1) is 11.3 Å². The largest absolute Gasteiger partial charge is 0.369 e. The summed E-state index contributed by atoms with van der Waals surface area (Å²) in [6, 6.07) is 10.0. The van der Waals surface area contributed by atoms with Gasteiger partial charge in [-0.2, -0.15) is 5.26 Å². The van der Waals surface area contributed by atoms with Gasteiger partial charge in [-0.1, -0.05) is 25.5 Å². The molecule has 2 aliphatic heterocycles. The third-order valence-corrected chi connectivity index (χ3v) is 4.95. The van der Waals surface area contributed by atoms with Crippen molar-refractivity contribution in [2.75, 3.05) is 31.1 Å². The van der Waals surface area contributed by atoms with Gasteiger partial charge in [0.2, 0.25) is 5.91 Å². The van der Waals surface area contributed by atoms with Gasteiger partial charge in [-0.05, 0) is 25.0 Å². The van der Waals surface area contributed by atoms with E-state index >= 15 is 0 Å². The van der Waals surface area contributed by atoms with Crippen LogP contribution in [0.3, 0.4) is 0 Å². The minimum atomic E-state index is 0.254. The number of carbonyl (C=O) groups is 1. The lowest BCUT2D eigenvalue weighted by atomic mass is 9.78. The fourth-order valence-corrected chi connectivity index (χ4v) is 3.67. The second-order valence-corrected chi connectivity index (χ2v) is 6.65. The molecule has 1 spiro atoms. The van der Waals surface area contributed by atoms with Gasteiger partial charge < -0.3 is 9.80 Å². The van der Waals surface area contributed by atoms with E-state index < -0.39 is 0 Å². The van der Waals surface area contributed by atoms with Crippen molar-refractivity contribution in [1.29, 1.82) is 5.26 Å².